The summed E-state index contributed by atoms with van der Waals surface area (Å²) in [6.07, 6.45) is 3.28. The zero-order valence-corrected chi connectivity index (χ0v) is 15.6. The SMILES string of the molecule is O=C(CN1CCC(Cc2ccccc2)CC1)NC(=O)NCc1cccs1. The van der Waals surface area contributed by atoms with Crippen molar-refractivity contribution in [2.45, 2.75) is 25.8 Å². The van der Waals surface area contributed by atoms with Crippen molar-refractivity contribution in [1.82, 2.24) is 15.5 Å². The second kappa shape index (κ2) is 9.50. The van der Waals surface area contributed by atoms with Crippen molar-refractivity contribution in [3.63, 3.8) is 0 Å². The number of imide groups is 1. The fourth-order valence-electron chi connectivity index (χ4n) is 3.29. The minimum atomic E-state index is -0.428. The number of nitrogens with one attached hydrogen (secondary N) is 2. The molecule has 0 saturated carbocycles. The zero-order chi connectivity index (χ0) is 18.2. The molecule has 26 heavy (non-hydrogen) atoms. The van der Waals surface area contributed by atoms with Crippen molar-refractivity contribution in [1.29, 1.82) is 0 Å². The molecule has 6 heteroatoms. The zero-order valence-electron chi connectivity index (χ0n) is 14.8. The van der Waals surface area contributed by atoms with Crippen LogP contribution in [0.15, 0.2) is 47.8 Å². The molecule has 2 heterocycles. The molecule has 3 amide bonds. The van der Waals surface area contributed by atoms with Crippen molar-refractivity contribution in [3.05, 3.63) is 58.3 Å². The van der Waals surface area contributed by atoms with Gasteiger partial charge in [-0.2, -0.15) is 0 Å². The number of hydrogen-bond donors (Lipinski definition) is 2. The molecule has 3 rings (SSSR count). The fraction of sp³-hybridized carbons (Fsp3) is 0.400. The number of likely N-dealkylation sites (tertiary alicyclic amines) is 1. The molecule has 1 aliphatic rings. The third-order valence-corrected chi connectivity index (χ3v) is 5.57. The Morgan fingerprint density at radius 1 is 1.08 bits per heavy atom. The van der Waals surface area contributed by atoms with Gasteiger partial charge in [0.05, 0.1) is 13.1 Å². The highest BCUT2D eigenvalue weighted by atomic mass is 32.1. The molecular formula is C20H25N3O2S. The van der Waals surface area contributed by atoms with Crippen molar-refractivity contribution in [2.75, 3.05) is 19.6 Å². The van der Waals surface area contributed by atoms with E-state index in [1.165, 1.54) is 5.56 Å². The van der Waals surface area contributed by atoms with Gasteiger partial charge in [0.25, 0.3) is 0 Å². The molecule has 2 aromatic rings. The lowest BCUT2D eigenvalue weighted by Crippen LogP contribution is -2.46. The van der Waals surface area contributed by atoms with Gasteiger partial charge in [0.15, 0.2) is 0 Å². The number of rotatable bonds is 6. The summed E-state index contributed by atoms with van der Waals surface area (Å²) < 4.78 is 0. The standard InChI is InChI=1S/C20H25N3O2S/c24-19(22-20(25)21-14-18-7-4-12-26-18)15-23-10-8-17(9-11-23)13-16-5-2-1-3-6-16/h1-7,12,17H,8-11,13-15H2,(H2,21,22,24,25). The molecule has 1 aromatic heterocycles. The average molecular weight is 372 g/mol. The summed E-state index contributed by atoms with van der Waals surface area (Å²) in [5.41, 5.74) is 1.38. The van der Waals surface area contributed by atoms with Gasteiger partial charge in [0.2, 0.25) is 5.91 Å². The summed E-state index contributed by atoms with van der Waals surface area (Å²) in [6.45, 7) is 2.54. The maximum Gasteiger partial charge on any atom is 0.321 e. The van der Waals surface area contributed by atoms with Gasteiger partial charge in [0, 0.05) is 4.88 Å². The summed E-state index contributed by atoms with van der Waals surface area (Å²) >= 11 is 1.58. The van der Waals surface area contributed by atoms with Gasteiger partial charge in [-0.1, -0.05) is 36.4 Å². The van der Waals surface area contributed by atoms with E-state index in [1.54, 1.807) is 11.3 Å². The van der Waals surface area contributed by atoms with E-state index in [-0.39, 0.29) is 12.5 Å². The number of piperidine rings is 1. The van der Waals surface area contributed by atoms with E-state index in [9.17, 15) is 9.59 Å². The van der Waals surface area contributed by atoms with Crippen molar-refractivity contribution >= 4 is 23.3 Å². The predicted octanol–water partition coefficient (Wildman–Crippen LogP) is 3.03. The Morgan fingerprint density at radius 3 is 2.54 bits per heavy atom. The molecule has 5 nitrogen and oxygen atoms in total. The molecule has 0 spiro atoms. The topological polar surface area (TPSA) is 61.4 Å². The molecule has 138 valence electrons. The lowest BCUT2D eigenvalue weighted by Gasteiger charge is -2.31. The van der Waals surface area contributed by atoms with E-state index in [0.29, 0.717) is 12.5 Å². The van der Waals surface area contributed by atoms with Gasteiger partial charge in [-0.05, 0) is 55.3 Å². The molecule has 2 N–H and O–H groups in total. The molecule has 1 aliphatic heterocycles. The van der Waals surface area contributed by atoms with Crippen LogP contribution in [0.4, 0.5) is 4.79 Å². The molecule has 0 bridgehead atoms. The molecule has 0 aliphatic carbocycles. The summed E-state index contributed by atoms with van der Waals surface area (Å²) in [5, 5.41) is 7.08. The summed E-state index contributed by atoms with van der Waals surface area (Å²) in [5.74, 6) is 0.431. The minimum Gasteiger partial charge on any atom is -0.333 e. The number of urea groups is 1. The third-order valence-electron chi connectivity index (χ3n) is 4.70. The fourth-order valence-corrected chi connectivity index (χ4v) is 3.93. The second-order valence-electron chi connectivity index (χ2n) is 6.72. The van der Waals surface area contributed by atoms with E-state index in [0.717, 1.165) is 37.2 Å². The molecule has 0 radical (unpaired) electrons. The quantitative estimate of drug-likeness (QED) is 0.820. The first kappa shape index (κ1) is 18.6. The van der Waals surface area contributed by atoms with Crippen LogP contribution in [-0.4, -0.2) is 36.5 Å². The highest BCUT2D eigenvalue weighted by Gasteiger charge is 2.21. The van der Waals surface area contributed by atoms with E-state index >= 15 is 0 Å². The van der Waals surface area contributed by atoms with E-state index < -0.39 is 6.03 Å². The first-order valence-corrected chi connectivity index (χ1v) is 9.93. The number of benzene rings is 1. The molecule has 0 atom stereocenters. The molecule has 1 saturated heterocycles. The van der Waals surface area contributed by atoms with Crippen LogP contribution in [0.1, 0.15) is 23.3 Å². The van der Waals surface area contributed by atoms with Crippen LogP contribution in [-0.2, 0) is 17.8 Å². The monoisotopic (exact) mass is 371 g/mol. The van der Waals surface area contributed by atoms with Crippen molar-refractivity contribution < 1.29 is 9.59 Å². The second-order valence-corrected chi connectivity index (χ2v) is 7.75. The van der Waals surface area contributed by atoms with Gasteiger partial charge in [-0.25, -0.2) is 4.79 Å². The Balaban J connectivity index is 1.33. The largest absolute Gasteiger partial charge is 0.333 e. The molecular weight excluding hydrogens is 346 g/mol. The van der Waals surface area contributed by atoms with E-state index in [2.05, 4.69) is 39.8 Å². The summed E-state index contributed by atoms with van der Waals surface area (Å²) in [6, 6.07) is 14.0. The first-order valence-electron chi connectivity index (χ1n) is 9.05. The highest BCUT2D eigenvalue weighted by Crippen LogP contribution is 2.21. The molecule has 0 unspecified atom stereocenters. The summed E-state index contributed by atoms with van der Waals surface area (Å²) in [4.78, 5) is 27.0. The number of carbonyl (C=O) groups excluding carboxylic acids is 2. The number of carbonyl (C=O) groups is 2. The number of amides is 3. The number of thiophene rings is 1. The maximum absolute atomic E-state index is 12.0. The summed E-state index contributed by atoms with van der Waals surface area (Å²) in [7, 11) is 0. The van der Waals surface area contributed by atoms with Crippen molar-refractivity contribution in [2.24, 2.45) is 5.92 Å². The van der Waals surface area contributed by atoms with Crippen LogP contribution in [0.3, 0.4) is 0 Å². The van der Waals surface area contributed by atoms with Gasteiger partial charge in [-0.3, -0.25) is 15.0 Å². The van der Waals surface area contributed by atoms with Gasteiger partial charge in [0.1, 0.15) is 0 Å². The number of hydrogen-bond acceptors (Lipinski definition) is 4. The van der Waals surface area contributed by atoms with Crippen LogP contribution in [0.5, 0.6) is 0 Å². The first-order chi connectivity index (χ1) is 12.7. The molecule has 1 fully saturated rings. The van der Waals surface area contributed by atoms with Gasteiger partial charge in [-0.15, -0.1) is 11.3 Å². The third kappa shape index (κ3) is 5.97. The minimum absolute atomic E-state index is 0.241. The van der Waals surface area contributed by atoms with Crippen LogP contribution in [0.25, 0.3) is 0 Å². The van der Waals surface area contributed by atoms with E-state index in [4.69, 9.17) is 0 Å². The maximum atomic E-state index is 12.0. The van der Waals surface area contributed by atoms with Crippen LogP contribution in [0.2, 0.25) is 0 Å². The van der Waals surface area contributed by atoms with Crippen LogP contribution >= 0.6 is 11.3 Å². The van der Waals surface area contributed by atoms with Crippen LogP contribution < -0.4 is 10.6 Å². The van der Waals surface area contributed by atoms with E-state index in [1.807, 2.05) is 23.6 Å². The number of nitrogens with zero attached hydrogens (tertiary/aromatic N) is 1. The Bertz CT molecular complexity index is 695. The average Bonchev–Trinajstić information content (AvgIpc) is 3.16. The van der Waals surface area contributed by atoms with Gasteiger partial charge < -0.3 is 5.32 Å². The Morgan fingerprint density at radius 2 is 1.85 bits per heavy atom. The van der Waals surface area contributed by atoms with Crippen LogP contribution in [0, 0.1) is 5.92 Å². The highest BCUT2D eigenvalue weighted by molar-refractivity contribution is 7.09. The normalized spacial score (nSPS) is 15.5. The Hall–Kier alpha value is -2.18. The predicted molar refractivity (Wildman–Crippen MR) is 104 cm³/mol. The molecule has 1 aromatic carbocycles. The van der Waals surface area contributed by atoms with Gasteiger partial charge >= 0.3 is 6.03 Å². The smallest absolute Gasteiger partial charge is 0.321 e. The van der Waals surface area contributed by atoms with Crippen molar-refractivity contribution in [3.8, 4) is 0 Å². The lowest BCUT2D eigenvalue weighted by atomic mass is 9.90. The Labute approximate surface area is 158 Å². The Kier molecular flexibility index (Phi) is 6.80. The lowest BCUT2D eigenvalue weighted by molar-refractivity contribution is -0.121.